The molecular weight excluding hydrogens is 729 g/mol. The molecule has 8 heteroatoms. The molecule has 0 unspecified atom stereocenters. The number of hydrogen-bond donors (Lipinski definition) is 2. The van der Waals surface area contributed by atoms with Crippen LogP contribution >= 0.6 is 0 Å². The number of nitrogens with one attached hydrogen (secondary N) is 2. The lowest BCUT2D eigenvalue weighted by Crippen LogP contribution is -2.29. The Morgan fingerprint density at radius 2 is 0.898 bits per heavy atom. The van der Waals surface area contributed by atoms with E-state index in [-0.39, 0.29) is 11.8 Å². The predicted octanol–water partition coefficient (Wildman–Crippen LogP) is 12.1. The molecule has 0 saturated carbocycles. The van der Waals surface area contributed by atoms with Crippen molar-refractivity contribution in [3.8, 4) is 5.69 Å². The topological polar surface area (TPSA) is 92.1 Å². The van der Waals surface area contributed by atoms with Crippen molar-refractivity contribution in [2.75, 3.05) is 28.6 Å². The highest BCUT2D eigenvalue weighted by Crippen LogP contribution is 2.30. The van der Waals surface area contributed by atoms with E-state index in [1.165, 1.54) is 24.9 Å². The molecule has 1 aliphatic heterocycles. The first-order valence-electron chi connectivity index (χ1n) is 20.4. The van der Waals surface area contributed by atoms with Gasteiger partial charge in [-0.15, -0.1) is 0 Å². The fourth-order valence-electron chi connectivity index (χ4n) is 7.75. The fraction of sp³-hybridized carbons (Fsp3) is 0.137. The molecule has 9 aromatic rings. The molecule has 59 heavy (non-hydrogen) atoms. The van der Waals surface area contributed by atoms with Gasteiger partial charge in [0.2, 0.25) is 0 Å². The molecule has 0 spiro atoms. The number of rotatable bonds is 6. The molecule has 1 saturated heterocycles. The second kappa shape index (κ2) is 17.9. The monoisotopic (exact) mass is 774 g/mol. The molecule has 0 radical (unpaired) electrons. The van der Waals surface area contributed by atoms with Crippen molar-refractivity contribution < 1.29 is 9.59 Å². The second-order valence-electron chi connectivity index (χ2n) is 14.2. The number of fused-ring (bicyclic) bond motifs is 4. The molecule has 1 aliphatic rings. The summed E-state index contributed by atoms with van der Waals surface area (Å²) >= 11 is 0. The lowest BCUT2D eigenvalue weighted by atomic mass is 10.0. The first-order chi connectivity index (χ1) is 29.1. The highest BCUT2D eigenvalue weighted by Gasteiger charge is 2.19. The summed E-state index contributed by atoms with van der Waals surface area (Å²) in [4.78, 5) is 38.5. The third-order valence-corrected chi connectivity index (χ3v) is 10.5. The minimum Gasteiger partial charge on any atom is -0.372 e. The van der Waals surface area contributed by atoms with Crippen LogP contribution in [-0.2, 0) is 0 Å². The summed E-state index contributed by atoms with van der Waals surface area (Å²) in [6, 6.07) is 51.0. The number of hydrogen-bond acceptors (Lipinski definition) is 5. The smallest absolute Gasteiger partial charge is 0.257 e. The predicted molar refractivity (Wildman–Crippen MR) is 244 cm³/mol. The number of pyridine rings is 2. The summed E-state index contributed by atoms with van der Waals surface area (Å²) in [6.07, 6.45) is 7.74. The maximum atomic E-state index is 13.4. The van der Waals surface area contributed by atoms with Gasteiger partial charge < -0.3 is 20.1 Å². The van der Waals surface area contributed by atoms with Gasteiger partial charge in [-0.2, -0.15) is 0 Å². The van der Waals surface area contributed by atoms with Gasteiger partial charge in [0.1, 0.15) is 0 Å². The average Bonchev–Trinajstić information content (AvgIpc) is 3.84. The minimum absolute atomic E-state index is 0.106. The van der Waals surface area contributed by atoms with Crippen LogP contribution in [0.1, 0.15) is 53.8 Å². The number of piperidine rings is 1. The van der Waals surface area contributed by atoms with Gasteiger partial charge in [-0.3, -0.25) is 9.59 Å². The molecule has 2 N–H and O–H groups in total. The number of amides is 2. The van der Waals surface area contributed by atoms with Gasteiger partial charge in [-0.25, -0.2) is 9.97 Å². The van der Waals surface area contributed by atoms with Crippen molar-refractivity contribution in [2.45, 2.75) is 33.1 Å². The van der Waals surface area contributed by atoms with E-state index in [1.807, 2.05) is 176 Å². The van der Waals surface area contributed by atoms with Crippen LogP contribution in [0, 0.1) is 0 Å². The summed E-state index contributed by atoms with van der Waals surface area (Å²) < 4.78 is 1.98. The second-order valence-corrected chi connectivity index (χ2v) is 14.2. The highest BCUT2D eigenvalue weighted by atomic mass is 16.2. The number of anilines is 3. The van der Waals surface area contributed by atoms with Crippen molar-refractivity contribution in [1.82, 2.24) is 14.5 Å². The Labute approximate surface area is 344 Å². The van der Waals surface area contributed by atoms with Crippen LogP contribution in [0.15, 0.2) is 170 Å². The van der Waals surface area contributed by atoms with Crippen LogP contribution < -0.4 is 15.5 Å². The Kier molecular flexibility index (Phi) is 11.7. The number of nitrogens with zero attached hydrogens (tertiary/aromatic N) is 4. The van der Waals surface area contributed by atoms with E-state index in [0.29, 0.717) is 11.1 Å². The fourth-order valence-corrected chi connectivity index (χ4v) is 7.75. The van der Waals surface area contributed by atoms with Crippen LogP contribution in [0.5, 0.6) is 0 Å². The summed E-state index contributed by atoms with van der Waals surface area (Å²) in [7, 11) is 0. The molecule has 2 amide bonds. The standard InChI is InChI=1S/C25H23N3O.C24H17N3O.C2H6/c29-25(26-18-12-14-19(15-13-18)28-16-6-1-7-17-28)24-20-8-2-4-10-22(20)27-23-11-5-3-9-21(23)24;28-24(26-21-13-5-6-14-22(21)27-15-7-8-16-27)23-17-9-1-3-11-19(17)25-20-12-4-2-10-18(20)23;1-2/h2-5,8-15H,1,6-7,16-17H2,(H,26,29);1-16H,(H,26,28);1-2H3. The van der Waals surface area contributed by atoms with E-state index >= 15 is 0 Å². The first-order valence-corrected chi connectivity index (χ1v) is 20.4. The Morgan fingerprint density at radius 1 is 0.475 bits per heavy atom. The first kappa shape index (κ1) is 38.5. The van der Waals surface area contributed by atoms with Crippen molar-refractivity contribution in [2.24, 2.45) is 0 Å². The van der Waals surface area contributed by atoms with Gasteiger partial charge in [-0.05, 0) is 92.1 Å². The lowest BCUT2D eigenvalue weighted by molar-refractivity contribution is 0.102. The van der Waals surface area contributed by atoms with E-state index in [9.17, 15) is 9.59 Å². The highest BCUT2D eigenvalue weighted by molar-refractivity contribution is 6.21. The molecule has 1 fully saturated rings. The third-order valence-electron chi connectivity index (χ3n) is 10.5. The summed E-state index contributed by atoms with van der Waals surface area (Å²) in [6.45, 7) is 6.22. The van der Waals surface area contributed by atoms with E-state index in [0.717, 1.165) is 73.8 Å². The maximum absolute atomic E-state index is 13.4. The van der Waals surface area contributed by atoms with Crippen molar-refractivity contribution in [3.63, 3.8) is 0 Å². The zero-order valence-corrected chi connectivity index (χ0v) is 33.3. The van der Waals surface area contributed by atoms with Gasteiger partial charge in [0.25, 0.3) is 11.8 Å². The average molecular weight is 775 g/mol. The normalized spacial score (nSPS) is 12.3. The molecule has 0 atom stereocenters. The number of carbonyl (C=O) groups excluding carboxylic acids is 2. The van der Waals surface area contributed by atoms with E-state index in [1.54, 1.807) is 0 Å². The Balaban J connectivity index is 0.000000158. The number of para-hydroxylation sites is 6. The SMILES string of the molecule is CC.O=C(Nc1ccc(N2CCCCC2)cc1)c1c2ccccc2nc2ccccc12.O=C(Nc1ccccc1-n1cccc1)c1c2ccccc2nc2ccccc12. The summed E-state index contributed by atoms with van der Waals surface area (Å²) in [5.74, 6) is -0.250. The Bertz CT molecular complexity index is 2770. The zero-order valence-electron chi connectivity index (χ0n) is 33.3. The Hall–Kier alpha value is -7.32. The third kappa shape index (κ3) is 8.25. The Morgan fingerprint density at radius 3 is 1.39 bits per heavy atom. The van der Waals surface area contributed by atoms with Crippen LogP contribution in [0.3, 0.4) is 0 Å². The quantitative estimate of drug-likeness (QED) is 0.164. The molecule has 10 rings (SSSR count). The summed E-state index contributed by atoms with van der Waals surface area (Å²) in [5.41, 5.74) is 8.30. The van der Waals surface area contributed by atoms with Crippen molar-refractivity contribution in [1.29, 1.82) is 0 Å². The van der Waals surface area contributed by atoms with Crippen LogP contribution in [0.25, 0.3) is 49.3 Å². The van der Waals surface area contributed by atoms with Gasteiger partial charge in [0.15, 0.2) is 0 Å². The molecular formula is C51H46N6O2. The van der Waals surface area contributed by atoms with E-state index < -0.39 is 0 Å². The zero-order chi connectivity index (χ0) is 40.6. The molecule has 8 nitrogen and oxygen atoms in total. The van der Waals surface area contributed by atoms with E-state index in [4.69, 9.17) is 9.97 Å². The molecule has 3 aromatic heterocycles. The van der Waals surface area contributed by atoms with Gasteiger partial charge in [-0.1, -0.05) is 98.8 Å². The van der Waals surface area contributed by atoms with Gasteiger partial charge in [0, 0.05) is 58.4 Å². The van der Waals surface area contributed by atoms with Crippen LogP contribution in [0.4, 0.5) is 17.1 Å². The van der Waals surface area contributed by atoms with Gasteiger partial charge >= 0.3 is 0 Å². The van der Waals surface area contributed by atoms with Crippen LogP contribution in [-0.4, -0.2) is 39.4 Å². The van der Waals surface area contributed by atoms with Crippen molar-refractivity contribution in [3.05, 3.63) is 181 Å². The van der Waals surface area contributed by atoms with E-state index in [2.05, 4.69) is 27.7 Å². The maximum Gasteiger partial charge on any atom is 0.257 e. The van der Waals surface area contributed by atoms with Crippen molar-refractivity contribution >= 4 is 72.5 Å². The molecule has 292 valence electrons. The minimum atomic E-state index is -0.144. The number of benzene rings is 6. The van der Waals surface area contributed by atoms with Gasteiger partial charge in [0.05, 0.1) is 44.6 Å². The number of carbonyl (C=O) groups is 2. The number of aromatic nitrogens is 3. The molecule has 0 aliphatic carbocycles. The lowest BCUT2D eigenvalue weighted by Gasteiger charge is -2.28. The molecule has 4 heterocycles. The molecule has 6 aromatic carbocycles. The molecule has 0 bridgehead atoms. The van der Waals surface area contributed by atoms with Crippen LogP contribution in [0.2, 0.25) is 0 Å². The largest absolute Gasteiger partial charge is 0.372 e. The summed E-state index contributed by atoms with van der Waals surface area (Å²) in [5, 5.41) is 9.63.